The molecule has 0 atom stereocenters. The van der Waals surface area contributed by atoms with Crippen LogP contribution in [0.3, 0.4) is 0 Å². The van der Waals surface area contributed by atoms with Crippen LogP contribution >= 0.6 is 16.3 Å². The second-order valence-corrected chi connectivity index (χ2v) is 2.66. The highest BCUT2D eigenvalue weighted by molar-refractivity contribution is 9.06. The van der Waals surface area contributed by atoms with Gasteiger partial charge in [0.25, 0.3) is 0 Å². The van der Waals surface area contributed by atoms with Gasteiger partial charge in [-0.1, -0.05) is 12.1 Å². The van der Waals surface area contributed by atoms with Crippen LogP contribution in [-0.4, -0.2) is 11.1 Å². The fourth-order valence-electron chi connectivity index (χ4n) is 0.865. The summed E-state index contributed by atoms with van der Waals surface area (Å²) >= 11 is 2.55. The maximum atomic E-state index is 11.0. The number of halogens is 1. The van der Waals surface area contributed by atoms with E-state index in [9.17, 15) is 9.90 Å². The van der Waals surface area contributed by atoms with Gasteiger partial charge in [-0.25, -0.2) is 4.79 Å². The minimum Gasteiger partial charge on any atom is -0.507 e. The van der Waals surface area contributed by atoms with Gasteiger partial charge in [-0.15, -0.1) is 0 Å². The number of carbonyl (C=O) groups excluding carboxylic acids is 1. The molecule has 0 radical (unpaired) electrons. The molecular formula is C8H7BrO3. The van der Waals surface area contributed by atoms with Crippen LogP contribution in [-0.2, 0) is 3.83 Å². The van der Waals surface area contributed by atoms with Crippen LogP contribution in [0.15, 0.2) is 18.2 Å². The maximum Gasteiger partial charge on any atom is 0.353 e. The van der Waals surface area contributed by atoms with Crippen molar-refractivity contribution < 1.29 is 13.7 Å². The lowest BCUT2D eigenvalue weighted by atomic mass is 10.1. The first-order valence-corrected chi connectivity index (χ1v) is 3.93. The van der Waals surface area contributed by atoms with Gasteiger partial charge in [-0.2, -0.15) is 0 Å². The Morgan fingerprint density at radius 1 is 1.58 bits per heavy atom. The quantitative estimate of drug-likeness (QED) is 0.805. The van der Waals surface area contributed by atoms with E-state index in [4.69, 9.17) is 0 Å². The average Bonchev–Trinajstić information content (AvgIpc) is 2.08. The summed E-state index contributed by atoms with van der Waals surface area (Å²) in [5.41, 5.74) is 0.803. The van der Waals surface area contributed by atoms with Gasteiger partial charge >= 0.3 is 5.97 Å². The Labute approximate surface area is 78.4 Å². The Hall–Kier alpha value is -1.03. The monoisotopic (exact) mass is 230 g/mol. The largest absolute Gasteiger partial charge is 0.507 e. The first kappa shape index (κ1) is 9.06. The molecule has 0 bridgehead atoms. The molecule has 0 spiro atoms. The third-order valence-electron chi connectivity index (χ3n) is 1.53. The fourth-order valence-corrected chi connectivity index (χ4v) is 1.04. The predicted molar refractivity (Wildman–Crippen MR) is 47.2 cm³/mol. The molecule has 0 amide bonds. The van der Waals surface area contributed by atoms with Gasteiger partial charge in [-0.05, 0) is 18.6 Å². The van der Waals surface area contributed by atoms with Crippen LogP contribution in [0.1, 0.15) is 15.9 Å². The molecule has 0 aromatic heterocycles. The van der Waals surface area contributed by atoms with E-state index in [1.165, 1.54) is 6.07 Å². The molecule has 0 unspecified atom stereocenters. The first-order valence-electron chi connectivity index (χ1n) is 3.28. The van der Waals surface area contributed by atoms with Crippen molar-refractivity contribution in [1.82, 2.24) is 0 Å². The summed E-state index contributed by atoms with van der Waals surface area (Å²) in [5.74, 6) is -0.641. The molecule has 0 saturated heterocycles. The molecule has 3 nitrogen and oxygen atoms in total. The number of benzene rings is 1. The molecule has 1 rings (SSSR count). The molecule has 4 heteroatoms. The number of phenolic OH excluding ortho intramolecular Hbond substituents is 1. The fraction of sp³-hybridized carbons (Fsp3) is 0.125. The van der Waals surface area contributed by atoms with Gasteiger partial charge < -0.3 is 8.93 Å². The Bertz CT molecular complexity index is 309. The number of carbonyl (C=O) groups is 1. The van der Waals surface area contributed by atoms with Gasteiger partial charge in [0, 0.05) is 0 Å². The molecule has 0 heterocycles. The zero-order chi connectivity index (χ0) is 9.14. The van der Waals surface area contributed by atoms with E-state index in [1.807, 2.05) is 0 Å². The summed E-state index contributed by atoms with van der Waals surface area (Å²) in [5, 5.41) is 9.38. The number of hydrogen-bond acceptors (Lipinski definition) is 3. The van der Waals surface area contributed by atoms with Gasteiger partial charge in [0.05, 0.1) is 0 Å². The van der Waals surface area contributed by atoms with Crippen LogP contribution < -0.4 is 0 Å². The Balaban J connectivity index is 3.16. The molecule has 1 aromatic carbocycles. The minimum atomic E-state index is -0.601. The molecule has 1 N–H and O–H groups in total. The van der Waals surface area contributed by atoms with E-state index in [1.54, 1.807) is 19.1 Å². The number of para-hydroxylation sites is 1. The van der Waals surface area contributed by atoms with E-state index in [0.29, 0.717) is 5.56 Å². The Morgan fingerprint density at radius 3 is 2.83 bits per heavy atom. The molecular weight excluding hydrogens is 224 g/mol. The summed E-state index contributed by atoms with van der Waals surface area (Å²) in [6.07, 6.45) is 0. The summed E-state index contributed by atoms with van der Waals surface area (Å²) in [4.78, 5) is 11.0. The normalized spacial score (nSPS) is 9.50. The van der Waals surface area contributed by atoms with E-state index in [-0.39, 0.29) is 11.3 Å². The van der Waals surface area contributed by atoms with Crippen molar-refractivity contribution in [3.05, 3.63) is 29.3 Å². The van der Waals surface area contributed by atoms with Gasteiger partial charge in [-0.3, -0.25) is 0 Å². The van der Waals surface area contributed by atoms with Crippen LogP contribution in [0.25, 0.3) is 0 Å². The van der Waals surface area contributed by atoms with Crippen molar-refractivity contribution >= 4 is 22.2 Å². The molecule has 1 aromatic rings. The maximum absolute atomic E-state index is 11.0. The van der Waals surface area contributed by atoms with E-state index in [2.05, 4.69) is 20.1 Å². The van der Waals surface area contributed by atoms with Gasteiger partial charge in [0.1, 0.15) is 11.3 Å². The van der Waals surface area contributed by atoms with Crippen molar-refractivity contribution in [1.29, 1.82) is 0 Å². The molecule has 0 fully saturated rings. The Morgan fingerprint density at radius 2 is 2.25 bits per heavy atom. The lowest BCUT2D eigenvalue weighted by Gasteiger charge is -2.02. The zero-order valence-corrected chi connectivity index (χ0v) is 7.96. The third-order valence-corrected chi connectivity index (χ3v) is 1.82. The topological polar surface area (TPSA) is 46.5 Å². The molecule has 12 heavy (non-hydrogen) atoms. The van der Waals surface area contributed by atoms with Crippen LogP contribution in [0.5, 0.6) is 5.75 Å². The predicted octanol–water partition coefficient (Wildman–Crippen LogP) is 2.17. The van der Waals surface area contributed by atoms with Crippen molar-refractivity contribution in [3.63, 3.8) is 0 Å². The third kappa shape index (κ3) is 1.58. The Kier molecular flexibility index (Phi) is 2.70. The molecule has 64 valence electrons. The molecule has 0 aliphatic rings. The second kappa shape index (κ2) is 3.58. The zero-order valence-electron chi connectivity index (χ0n) is 6.37. The summed E-state index contributed by atoms with van der Waals surface area (Å²) < 4.78 is 4.29. The summed E-state index contributed by atoms with van der Waals surface area (Å²) in [6.45, 7) is 1.71. The SMILES string of the molecule is Cc1cccc(C(=O)OBr)c1O. The van der Waals surface area contributed by atoms with Crippen molar-refractivity contribution in [2.75, 3.05) is 0 Å². The average molecular weight is 231 g/mol. The van der Waals surface area contributed by atoms with Gasteiger partial charge in [0.2, 0.25) is 0 Å². The van der Waals surface area contributed by atoms with Crippen LogP contribution in [0.2, 0.25) is 0 Å². The van der Waals surface area contributed by atoms with Crippen LogP contribution in [0.4, 0.5) is 0 Å². The number of aryl methyl sites for hydroxylation is 1. The van der Waals surface area contributed by atoms with E-state index >= 15 is 0 Å². The molecule has 0 aliphatic carbocycles. The second-order valence-electron chi connectivity index (χ2n) is 2.34. The van der Waals surface area contributed by atoms with Crippen LogP contribution in [0, 0.1) is 6.92 Å². The van der Waals surface area contributed by atoms with E-state index < -0.39 is 5.97 Å². The minimum absolute atomic E-state index is 0.0399. The standard InChI is InChI=1S/C8H7BrO3/c1-5-3-2-4-6(7(5)10)8(11)12-9/h2-4,10H,1H3. The number of aromatic hydroxyl groups is 1. The van der Waals surface area contributed by atoms with Crippen molar-refractivity contribution in [2.45, 2.75) is 6.92 Å². The smallest absolute Gasteiger partial charge is 0.353 e. The molecule has 0 saturated carbocycles. The number of phenols is 1. The first-order chi connectivity index (χ1) is 5.66. The number of hydrogen-bond donors (Lipinski definition) is 1. The van der Waals surface area contributed by atoms with E-state index in [0.717, 1.165) is 0 Å². The van der Waals surface area contributed by atoms with Crippen molar-refractivity contribution in [2.24, 2.45) is 0 Å². The highest BCUT2D eigenvalue weighted by Crippen LogP contribution is 2.22. The van der Waals surface area contributed by atoms with Crippen molar-refractivity contribution in [3.8, 4) is 5.75 Å². The highest BCUT2D eigenvalue weighted by Gasteiger charge is 2.12. The summed E-state index contributed by atoms with van der Waals surface area (Å²) in [6, 6.07) is 4.88. The lowest BCUT2D eigenvalue weighted by molar-refractivity contribution is 0.0778. The van der Waals surface area contributed by atoms with Gasteiger partial charge in [0.15, 0.2) is 16.3 Å². The summed E-state index contributed by atoms with van der Waals surface area (Å²) in [7, 11) is 0. The number of rotatable bonds is 1. The highest BCUT2D eigenvalue weighted by atomic mass is 79.9. The molecule has 0 aliphatic heterocycles. The lowest BCUT2D eigenvalue weighted by Crippen LogP contribution is -1.98.